The molecule has 0 radical (unpaired) electrons. The fraction of sp³-hybridized carbons (Fsp3) is 0.111. The molecule has 0 aliphatic heterocycles. The van der Waals surface area contributed by atoms with Crippen molar-refractivity contribution in [2.24, 2.45) is 0 Å². The molecule has 0 amide bonds. The van der Waals surface area contributed by atoms with E-state index in [0.29, 0.717) is 23.0 Å². The Kier molecular flexibility index (Phi) is 4.47. The van der Waals surface area contributed by atoms with Gasteiger partial charge in [-0.2, -0.15) is 0 Å². The molecule has 120 valence electrons. The number of nitrogens with one attached hydrogen (secondary N) is 2. The molecule has 1 aliphatic carbocycles. The molecule has 0 spiro atoms. The van der Waals surface area contributed by atoms with Crippen molar-refractivity contribution < 1.29 is 4.74 Å². The van der Waals surface area contributed by atoms with Gasteiger partial charge < -0.3 is 15.5 Å². The van der Waals surface area contributed by atoms with Gasteiger partial charge in [0, 0.05) is 42.3 Å². The quantitative estimate of drug-likeness (QED) is 0.847. The summed E-state index contributed by atoms with van der Waals surface area (Å²) >= 11 is 0. The van der Waals surface area contributed by atoms with Crippen LogP contribution in [0, 0.1) is 5.41 Å². The van der Waals surface area contributed by atoms with Crippen molar-refractivity contribution in [2.75, 3.05) is 19.5 Å². The lowest BCUT2D eigenvalue weighted by Gasteiger charge is -2.15. The third-order valence-corrected chi connectivity index (χ3v) is 3.57. The molecular formula is C18H17N5O. The van der Waals surface area contributed by atoms with Crippen LogP contribution in [0.25, 0.3) is 11.3 Å². The van der Waals surface area contributed by atoms with E-state index in [1.807, 2.05) is 30.4 Å². The topological polar surface area (TPSA) is 83.8 Å². The summed E-state index contributed by atoms with van der Waals surface area (Å²) in [6.45, 7) is 0. The summed E-state index contributed by atoms with van der Waals surface area (Å²) in [6, 6.07) is 5.58. The minimum atomic E-state index is 0.377. The van der Waals surface area contributed by atoms with Crippen LogP contribution in [0.5, 0.6) is 0 Å². The predicted molar refractivity (Wildman–Crippen MR) is 94.6 cm³/mol. The van der Waals surface area contributed by atoms with Crippen LogP contribution in [-0.4, -0.2) is 34.8 Å². The van der Waals surface area contributed by atoms with E-state index >= 15 is 0 Å². The van der Waals surface area contributed by atoms with Crippen LogP contribution >= 0.6 is 0 Å². The Bertz CT molecular complexity index is 853. The fourth-order valence-electron chi connectivity index (χ4n) is 2.41. The van der Waals surface area contributed by atoms with Gasteiger partial charge in [-0.05, 0) is 30.4 Å². The normalized spacial score (nSPS) is 15.8. The fourth-order valence-corrected chi connectivity index (χ4v) is 2.41. The van der Waals surface area contributed by atoms with Crippen LogP contribution in [0.2, 0.25) is 0 Å². The molecule has 0 saturated heterocycles. The van der Waals surface area contributed by atoms with Gasteiger partial charge in [-0.25, -0.2) is 9.97 Å². The maximum Gasteiger partial charge on any atom is 0.222 e. The Morgan fingerprint density at radius 1 is 1.21 bits per heavy atom. The average Bonchev–Trinajstić information content (AvgIpc) is 2.65. The van der Waals surface area contributed by atoms with Gasteiger partial charge in [-0.15, -0.1) is 0 Å². The zero-order chi connectivity index (χ0) is 16.9. The van der Waals surface area contributed by atoms with Crippen molar-refractivity contribution in [3.8, 4) is 0 Å². The highest BCUT2D eigenvalue weighted by atomic mass is 16.5. The van der Waals surface area contributed by atoms with E-state index in [2.05, 4.69) is 20.3 Å². The predicted octanol–water partition coefficient (Wildman–Crippen LogP) is 2.94. The first-order chi connectivity index (χ1) is 11.7. The van der Waals surface area contributed by atoms with Gasteiger partial charge in [0.1, 0.15) is 5.76 Å². The number of pyridine rings is 1. The molecule has 0 aromatic carbocycles. The van der Waals surface area contributed by atoms with Crippen molar-refractivity contribution >= 4 is 23.0 Å². The van der Waals surface area contributed by atoms with E-state index in [0.717, 1.165) is 16.8 Å². The minimum absolute atomic E-state index is 0.377. The van der Waals surface area contributed by atoms with Gasteiger partial charge in [-0.3, -0.25) is 4.98 Å². The number of hydrogen-bond acceptors (Lipinski definition) is 6. The summed E-state index contributed by atoms with van der Waals surface area (Å²) in [7, 11) is 3.37. The molecule has 0 fully saturated rings. The highest BCUT2D eigenvalue weighted by Gasteiger charge is 2.17. The standard InChI is InChI=1S/C18H17N5O/c1-20-18-22-9-7-16(23-18)12-5-6-15(19)14(10-12)17(24-2)13-4-3-8-21-11-13/h3-11,19H,1-2H3,(H,20,22,23)/b17-14-,19-15?. The molecule has 0 unspecified atom stereocenters. The van der Waals surface area contributed by atoms with Crippen molar-refractivity contribution in [2.45, 2.75) is 0 Å². The second-order valence-corrected chi connectivity index (χ2v) is 5.05. The Balaban J connectivity index is 2.10. The van der Waals surface area contributed by atoms with E-state index in [-0.39, 0.29) is 0 Å². The maximum absolute atomic E-state index is 8.23. The Labute approximate surface area is 140 Å². The molecule has 2 N–H and O–H groups in total. The lowest BCUT2D eigenvalue weighted by molar-refractivity contribution is 0.368. The van der Waals surface area contributed by atoms with Crippen LogP contribution in [-0.2, 0) is 4.74 Å². The number of methoxy groups -OCH3 is 1. The first kappa shape index (κ1) is 15.6. The molecular weight excluding hydrogens is 302 g/mol. The van der Waals surface area contributed by atoms with Gasteiger partial charge >= 0.3 is 0 Å². The molecule has 0 bridgehead atoms. The molecule has 0 atom stereocenters. The second-order valence-electron chi connectivity index (χ2n) is 5.05. The molecule has 2 aromatic rings. The van der Waals surface area contributed by atoms with E-state index < -0.39 is 0 Å². The highest BCUT2D eigenvalue weighted by Crippen LogP contribution is 2.28. The lowest BCUT2D eigenvalue weighted by atomic mass is 9.95. The maximum atomic E-state index is 8.23. The van der Waals surface area contributed by atoms with E-state index in [4.69, 9.17) is 10.1 Å². The van der Waals surface area contributed by atoms with E-state index in [1.165, 1.54) is 0 Å². The number of ether oxygens (including phenoxy) is 1. The van der Waals surface area contributed by atoms with Gasteiger partial charge in [-0.1, -0.05) is 6.08 Å². The van der Waals surface area contributed by atoms with E-state index in [9.17, 15) is 0 Å². The summed E-state index contributed by atoms with van der Waals surface area (Å²) in [6.07, 6.45) is 10.6. The molecule has 0 saturated carbocycles. The zero-order valence-electron chi connectivity index (χ0n) is 13.4. The minimum Gasteiger partial charge on any atom is -0.495 e. The Hall–Kier alpha value is -3.28. The molecule has 3 rings (SSSR count). The van der Waals surface area contributed by atoms with Gasteiger partial charge in [0.25, 0.3) is 0 Å². The third kappa shape index (κ3) is 3.08. The summed E-state index contributed by atoms with van der Waals surface area (Å²) < 4.78 is 5.55. The first-order valence-electron chi connectivity index (χ1n) is 7.41. The molecule has 6 nitrogen and oxygen atoms in total. The highest BCUT2D eigenvalue weighted by molar-refractivity contribution is 6.16. The third-order valence-electron chi connectivity index (χ3n) is 3.57. The monoisotopic (exact) mass is 319 g/mol. The number of anilines is 1. The van der Waals surface area contributed by atoms with Crippen LogP contribution in [0.1, 0.15) is 11.3 Å². The number of aromatic nitrogens is 3. The average molecular weight is 319 g/mol. The first-order valence-corrected chi connectivity index (χ1v) is 7.41. The van der Waals surface area contributed by atoms with Crippen molar-refractivity contribution in [1.29, 1.82) is 5.41 Å². The van der Waals surface area contributed by atoms with E-state index in [1.54, 1.807) is 38.8 Å². The summed E-state index contributed by atoms with van der Waals surface area (Å²) in [4.78, 5) is 12.7. The van der Waals surface area contributed by atoms with Crippen LogP contribution < -0.4 is 5.32 Å². The SMILES string of the molecule is CNc1nccc(C2=C/C(=C(/OC)c3cccnc3)C(=N)C=C2)n1. The van der Waals surface area contributed by atoms with Crippen LogP contribution in [0.15, 0.2) is 60.6 Å². The number of hydrogen-bond donors (Lipinski definition) is 2. The number of rotatable bonds is 4. The van der Waals surface area contributed by atoms with Crippen LogP contribution in [0.4, 0.5) is 5.95 Å². The summed E-state index contributed by atoms with van der Waals surface area (Å²) in [5.41, 5.74) is 3.55. The largest absolute Gasteiger partial charge is 0.495 e. The Morgan fingerprint density at radius 3 is 2.79 bits per heavy atom. The smallest absolute Gasteiger partial charge is 0.222 e. The van der Waals surface area contributed by atoms with Crippen LogP contribution in [0.3, 0.4) is 0 Å². The summed E-state index contributed by atoms with van der Waals surface area (Å²) in [5, 5.41) is 11.2. The van der Waals surface area contributed by atoms with Gasteiger partial charge in [0.2, 0.25) is 5.95 Å². The number of allylic oxidation sites excluding steroid dienone is 5. The molecule has 24 heavy (non-hydrogen) atoms. The second kappa shape index (κ2) is 6.87. The molecule has 1 aliphatic rings. The van der Waals surface area contributed by atoms with Crippen molar-refractivity contribution in [3.63, 3.8) is 0 Å². The zero-order valence-corrected chi connectivity index (χ0v) is 13.4. The Morgan fingerprint density at radius 2 is 2.08 bits per heavy atom. The van der Waals surface area contributed by atoms with Gasteiger partial charge in [0.15, 0.2) is 0 Å². The molecule has 2 heterocycles. The van der Waals surface area contributed by atoms with Gasteiger partial charge in [0.05, 0.1) is 18.5 Å². The number of nitrogens with zero attached hydrogens (tertiary/aromatic N) is 3. The molecule has 2 aromatic heterocycles. The summed E-state index contributed by atoms with van der Waals surface area (Å²) in [5.74, 6) is 1.16. The van der Waals surface area contributed by atoms with Crippen molar-refractivity contribution in [1.82, 2.24) is 15.0 Å². The lowest BCUT2D eigenvalue weighted by Crippen LogP contribution is -2.07. The van der Waals surface area contributed by atoms with Crippen molar-refractivity contribution in [3.05, 3.63) is 71.8 Å². The molecule has 6 heteroatoms.